The van der Waals surface area contributed by atoms with Crippen LogP contribution in [0.5, 0.6) is 0 Å². The summed E-state index contributed by atoms with van der Waals surface area (Å²) in [6, 6.07) is 7.24. The first-order valence-corrected chi connectivity index (χ1v) is 7.18. The zero-order valence-corrected chi connectivity index (χ0v) is 12.6. The van der Waals surface area contributed by atoms with E-state index in [-0.39, 0.29) is 17.4 Å². The minimum absolute atomic E-state index is 0.155. The van der Waals surface area contributed by atoms with Gasteiger partial charge in [0.2, 0.25) is 0 Å². The third-order valence-corrected chi connectivity index (χ3v) is 3.29. The summed E-state index contributed by atoms with van der Waals surface area (Å²) < 4.78 is 19.6. The Bertz CT molecular complexity index is 813. The maximum atomic E-state index is 12.9. The zero-order valence-electron chi connectivity index (χ0n) is 11.9. The topological polar surface area (TPSA) is 73.0 Å². The number of hydrogen-bond donors (Lipinski definition) is 1. The molecule has 0 saturated heterocycles. The summed E-state index contributed by atoms with van der Waals surface area (Å²) in [4.78, 5) is 12.0. The van der Waals surface area contributed by atoms with Crippen molar-refractivity contribution in [3.8, 4) is 11.3 Å². The molecule has 0 unspecified atom stereocenters. The van der Waals surface area contributed by atoms with Crippen LogP contribution in [-0.4, -0.2) is 27.4 Å². The van der Waals surface area contributed by atoms with Crippen LogP contribution < -0.4 is 5.32 Å². The van der Waals surface area contributed by atoms with Crippen molar-refractivity contribution in [2.45, 2.75) is 6.54 Å². The summed E-state index contributed by atoms with van der Waals surface area (Å²) in [7, 11) is 0. The Morgan fingerprint density at radius 3 is 2.83 bits per heavy atom. The molecule has 3 aromatic rings. The summed E-state index contributed by atoms with van der Waals surface area (Å²) >= 11 is 5.75. The number of carbonyl (C=O) groups is 1. The molecule has 0 aliphatic heterocycles. The van der Waals surface area contributed by atoms with E-state index in [0.717, 1.165) is 0 Å². The Morgan fingerprint density at radius 1 is 1.35 bits per heavy atom. The lowest BCUT2D eigenvalue weighted by molar-refractivity contribution is 0.0943. The fraction of sp³-hybridized carbons (Fsp3) is 0.133. The lowest BCUT2D eigenvalue weighted by Gasteiger charge is -2.02. The van der Waals surface area contributed by atoms with E-state index in [1.54, 1.807) is 23.0 Å². The van der Waals surface area contributed by atoms with Gasteiger partial charge in [0.25, 0.3) is 5.91 Å². The van der Waals surface area contributed by atoms with Crippen LogP contribution in [0.4, 0.5) is 4.39 Å². The normalized spacial score (nSPS) is 10.7. The van der Waals surface area contributed by atoms with E-state index >= 15 is 0 Å². The number of benzene rings is 1. The van der Waals surface area contributed by atoms with Gasteiger partial charge in [-0.3, -0.25) is 9.48 Å². The van der Waals surface area contributed by atoms with Crippen molar-refractivity contribution in [1.29, 1.82) is 0 Å². The van der Waals surface area contributed by atoms with Gasteiger partial charge >= 0.3 is 0 Å². The van der Waals surface area contributed by atoms with Crippen LogP contribution in [0.15, 0.2) is 47.2 Å². The molecule has 0 aliphatic rings. The first kappa shape index (κ1) is 15.2. The second-order valence-corrected chi connectivity index (χ2v) is 5.20. The number of nitrogens with zero attached hydrogens (tertiary/aromatic N) is 3. The number of aromatic nitrogens is 3. The molecule has 3 rings (SSSR count). The number of carbonyl (C=O) groups excluding carboxylic acids is 1. The summed E-state index contributed by atoms with van der Waals surface area (Å²) in [6.45, 7) is 0.858. The van der Waals surface area contributed by atoms with Gasteiger partial charge in [-0.1, -0.05) is 16.8 Å². The molecule has 118 valence electrons. The molecule has 8 heteroatoms. The molecule has 0 radical (unpaired) electrons. The lowest BCUT2D eigenvalue weighted by Crippen LogP contribution is -2.27. The molecule has 0 fully saturated rings. The smallest absolute Gasteiger partial charge is 0.273 e. The molecule has 23 heavy (non-hydrogen) atoms. The van der Waals surface area contributed by atoms with Crippen molar-refractivity contribution in [3.63, 3.8) is 0 Å². The minimum atomic E-state index is -0.361. The van der Waals surface area contributed by atoms with Gasteiger partial charge < -0.3 is 9.84 Å². The van der Waals surface area contributed by atoms with E-state index in [0.29, 0.717) is 29.4 Å². The number of rotatable bonds is 5. The van der Waals surface area contributed by atoms with Crippen molar-refractivity contribution in [2.24, 2.45) is 0 Å². The second kappa shape index (κ2) is 6.62. The van der Waals surface area contributed by atoms with Gasteiger partial charge in [-0.25, -0.2) is 4.39 Å². The fourth-order valence-corrected chi connectivity index (χ4v) is 2.12. The molecule has 2 aromatic heterocycles. The van der Waals surface area contributed by atoms with E-state index < -0.39 is 0 Å². The molecule has 0 aliphatic carbocycles. The van der Waals surface area contributed by atoms with Gasteiger partial charge in [0.05, 0.1) is 17.8 Å². The van der Waals surface area contributed by atoms with Gasteiger partial charge in [0.15, 0.2) is 11.5 Å². The van der Waals surface area contributed by atoms with E-state index in [2.05, 4.69) is 15.6 Å². The third kappa shape index (κ3) is 3.75. The maximum absolute atomic E-state index is 12.9. The van der Waals surface area contributed by atoms with Gasteiger partial charge in [0.1, 0.15) is 5.82 Å². The van der Waals surface area contributed by atoms with Crippen LogP contribution in [0, 0.1) is 5.82 Å². The number of amides is 1. The Hall–Kier alpha value is -2.67. The first-order chi connectivity index (χ1) is 11.1. The van der Waals surface area contributed by atoms with Crippen molar-refractivity contribution in [1.82, 2.24) is 20.3 Å². The van der Waals surface area contributed by atoms with Gasteiger partial charge in [0, 0.05) is 24.4 Å². The molecular formula is C15H12ClFN4O2. The quantitative estimate of drug-likeness (QED) is 0.778. The molecule has 1 amide bonds. The molecule has 2 heterocycles. The maximum Gasteiger partial charge on any atom is 0.273 e. The predicted molar refractivity (Wildman–Crippen MR) is 81.5 cm³/mol. The molecule has 1 N–H and O–H groups in total. The highest BCUT2D eigenvalue weighted by atomic mass is 35.5. The summed E-state index contributed by atoms with van der Waals surface area (Å²) in [5, 5.41) is 11.0. The summed E-state index contributed by atoms with van der Waals surface area (Å²) in [5.74, 6) is -0.306. The molecule has 0 saturated carbocycles. The second-order valence-electron chi connectivity index (χ2n) is 4.76. The van der Waals surface area contributed by atoms with Crippen molar-refractivity contribution in [2.75, 3.05) is 6.54 Å². The molecule has 0 atom stereocenters. The average molecular weight is 335 g/mol. The third-order valence-electron chi connectivity index (χ3n) is 3.10. The summed E-state index contributed by atoms with van der Waals surface area (Å²) in [5.41, 5.74) is 0.798. The van der Waals surface area contributed by atoms with E-state index in [1.165, 1.54) is 24.4 Å². The van der Waals surface area contributed by atoms with Gasteiger partial charge in [-0.15, -0.1) is 0 Å². The Kier molecular flexibility index (Phi) is 4.38. The monoisotopic (exact) mass is 334 g/mol. The van der Waals surface area contributed by atoms with Crippen LogP contribution in [-0.2, 0) is 6.54 Å². The van der Waals surface area contributed by atoms with Gasteiger partial charge in [-0.2, -0.15) is 5.10 Å². The van der Waals surface area contributed by atoms with Gasteiger partial charge in [-0.05, 0) is 24.3 Å². The molecule has 1 aromatic carbocycles. The van der Waals surface area contributed by atoms with E-state index in [1.807, 2.05) is 0 Å². The van der Waals surface area contributed by atoms with E-state index in [9.17, 15) is 9.18 Å². The highest BCUT2D eigenvalue weighted by Crippen LogP contribution is 2.20. The van der Waals surface area contributed by atoms with Crippen molar-refractivity contribution in [3.05, 3.63) is 59.3 Å². The van der Waals surface area contributed by atoms with Crippen LogP contribution in [0.1, 0.15) is 10.5 Å². The molecule has 0 bridgehead atoms. The predicted octanol–water partition coefficient (Wildman–Crippen LogP) is 2.76. The molecular weight excluding hydrogens is 323 g/mol. The lowest BCUT2D eigenvalue weighted by atomic mass is 10.1. The SMILES string of the molecule is O=C(NCCn1cc(Cl)cn1)c1cc(-c2ccc(F)cc2)on1. The first-order valence-electron chi connectivity index (χ1n) is 6.80. The number of halogens is 2. The highest BCUT2D eigenvalue weighted by Gasteiger charge is 2.13. The number of hydrogen-bond acceptors (Lipinski definition) is 4. The average Bonchev–Trinajstić information content (AvgIpc) is 3.17. The standard InChI is InChI=1S/C15H12ClFN4O2/c16-11-8-19-21(9-11)6-5-18-15(22)13-7-14(23-20-13)10-1-3-12(17)4-2-10/h1-4,7-9H,5-6H2,(H,18,22). The summed E-state index contributed by atoms with van der Waals surface area (Å²) in [6.07, 6.45) is 3.19. The van der Waals surface area contributed by atoms with Crippen molar-refractivity contribution < 1.29 is 13.7 Å². The van der Waals surface area contributed by atoms with Crippen LogP contribution >= 0.6 is 11.6 Å². The fourth-order valence-electron chi connectivity index (χ4n) is 1.97. The van der Waals surface area contributed by atoms with Crippen molar-refractivity contribution >= 4 is 17.5 Å². The molecule has 6 nitrogen and oxygen atoms in total. The van der Waals surface area contributed by atoms with E-state index in [4.69, 9.17) is 16.1 Å². The minimum Gasteiger partial charge on any atom is -0.355 e. The zero-order chi connectivity index (χ0) is 16.2. The highest BCUT2D eigenvalue weighted by molar-refractivity contribution is 6.30. The van der Waals surface area contributed by atoms with Crippen LogP contribution in [0.2, 0.25) is 5.02 Å². The number of nitrogens with one attached hydrogen (secondary N) is 1. The van der Waals surface area contributed by atoms with Crippen LogP contribution in [0.3, 0.4) is 0 Å². The largest absolute Gasteiger partial charge is 0.355 e. The molecule has 0 spiro atoms. The Balaban J connectivity index is 1.58. The Labute approximate surface area is 135 Å². The Morgan fingerprint density at radius 2 is 2.13 bits per heavy atom. The van der Waals surface area contributed by atoms with Crippen LogP contribution in [0.25, 0.3) is 11.3 Å².